The van der Waals surface area contributed by atoms with Gasteiger partial charge in [-0.15, -0.1) is 0 Å². The molecule has 0 saturated heterocycles. The number of rotatable bonds is 5. The second-order valence-corrected chi connectivity index (χ2v) is 3.54. The van der Waals surface area contributed by atoms with E-state index in [1.165, 1.54) is 18.2 Å². The zero-order valence-corrected chi connectivity index (χ0v) is 8.98. The zero-order valence-electron chi connectivity index (χ0n) is 8.98. The van der Waals surface area contributed by atoms with Crippen molar-refractivity contribution in [3.05, 3.63) is 35.4 Å². The summed E-state index contributed by atoms with van der Waals surface area (Å²) in [5.74, 6) is -1.00. The van der Waals surface area contributed by atoms with Crippen molar-refractivity contribution in [2.24, 2.45) is 0 Å². The van der Waals surface area contributed by atoms with Crippen molar-refractivity contribution in [3.63, 3.8) is 0 Å². The molecule has 0 aromatic heterocycles. The maximum absolute atomic E-state index is 13.2. The Labute approximate surface area is 88.7 Å². The summed E-state index contributed by atoms with van der Waals surface area (Å²) in [5, 5.41) is 6.02. The Kier molecular flexibility index (Phi) is 4.65. The molecule has 2 N–H and O–H groups in total. The molecule has 0 bridgehead atoms. The largest absolute Gasteiger partial charge is 0.318 e. The molecular formula is C11H16F2N2. The number of likely N-dealkylation sites (N-methyl/N-ethyl adjacent to an activating group) is 1. The smallest absolute Gasteiger partial charge is 0.130 e. The van der Waals surface area contributed by atoms with E-state index in [2.05, 4.69) is 10.6 Å². The number of hydrogen-bond donors (Lipinski definition) is 2. The molecule has 15 heavy (non-hydrogen) atoms. The van der Waals surface area contributed by atoms with Gasteiger partial charge in [-0.2, -0.15) is 0 Å². The molecule has 0 aliphatic rings. The molecule has 4 heteroatoms. The van der Waals surface area contributed by atoms with Gasteiger partial charge in [0.15, 0.2) is 0 Å². The van der Waals surface area contributed by atoms with Gasteiger partial charge in [0.25, 0.3) is 0 Å². The standard InChI is InChI=1S/C11H16F2N2/c1-8(6-14-2)15-7-9-10(12)4-3-5-11(9)13/h3-5,8,14-15H,6-7H2,1-2H3. The second-order valence-electron chi connectivity index (χ2n) is 3.54. The molecule has 0 amide bonds. The first-order valence-corrected chi connectivity index (χ1v) is 4.96. The van der Waals surface area contributed by atoms with Crippen molar-refractivity contribution in [1.82, 2.24) is 10.6 Å². The van der Waals surface area contributed by atoms with Crippen molar-refractivity contribution in [2.45, 2.75) is 19.5 Å². The first-order chi connectivity index (χ1) is 7.15. The van der Waals surface area contributed by atoms with Crippen LogP contribution in [-0.2, 0) is 6.54 Å². The fourth-order valence-corrected chi connectivity index (χ4v) is 1.36. The summed E-state index contributed by atoms with van der Waals surface area (Å²) in [6.07, 6.45) is 0. The molecule has 0 heterocycles. The second kappa shape index (κ2) is 5.78. The number of hydrogen-bond acceptors (Lipinski definition) is 2. The molecule has 0 saturated carbocycles. The first kappa shape index (κ1) is 12.1. The Balaban J connectivity index is 2.57. The molecular weight excluding hydrogens is 198 g/mol. The van der Waals surface area contributed by atoms with E-state index < -0.39 is 11.6 Å². The fraction of sp³-hybridized carbons (Fsp3) is 0.455. The minimum Gasteiger partial charge on any atom is -0.318 e. The molecule has 0 aliphatic heterocycles. The third-order valence-corrected chi connectivity index (χ3v) is 2.20. The lowest BCUT2D eigenvalue weighted by Gasteiger charge is -2.13. The van der Waals surface area contributed by atoms with Crippen molar-refractivity contribution in [1.29, 1.82) is 0 Å². The fourth-order valence-electron chi connectivity index (χ4n) is 1.36. The van der Waals surface area contributed by atoms with Crippen LogP contribution in [0.1, 0.15) is 12.5 Å². The lowest BCUT2D eigenvalue weighted by atomic mass is 10.2. The van der Waals surface area contributed by atoms with Gasteiger partial charge in [-0.25, -0.2) is 8.78 Å². The Hall–Kier alpha value is -1.00. The Morgan fingerprint density at radius 2 is 1.87 bits per heavy atom. The van der Waals surface area contributed by atoms with Crippen LogP contribution in [0.5, 0.6) is 0 Å². The van der Waals surface area contributed by atoms with E-state index in [0.717, 1.165) is 6.54 Å². The van der Waals surface area contributed by atoms with Crippen LogP contribution in [0.15, 0.2) is 18.2 Å². The van der Waals surface area contributed by atoms with Gasteiger partial charge in [0.2, 0.25) is 0 Å². The van der Waals surface area contributed by atoms with Crippen molar-refractivity contribution >= 4 is 0 Å². The predicted octanol–water partition coefficient (Wildman–Crippen LogP) is 1.66. The van der Waals surface area contributed by atoms with Crippen LogP contribution in [0, 0.1) is 11.6 Å². The van der Waals surface area contributed by atoms with E-state index in [9.17, 15) is 8.78 Å². The minimum atomic E-state index is -0.501. The Bertz CT molecular complexity index is 295. The summed E-state index contributed by atoms with van der Waals surface area (Å²) < 4.78 is 26.4. The maximum Gasteiger partial charge on any atom is 0.130 e. The van der Waals surface area contributed by atoms with E-state index in [-0.39, 0.29) is 18.2 Å². The summed E-state index contributed by atoms with van der Waals surface area (Å²) in [6.45, 7) is 2.92. The van der Waals surface area contributed by atoms with Gasteiger partial charge in [-0.1, -0.05) is 6.07 Å². The molecule has 84 valence electrons. The predicted molar refractivity (Wildman–Crippen MR) is 56.6 cm³/mol. The molecule has 1 unspecified atom stereocenters. The summed E-state index contributed by atoms with van der Waals surface area (Å²) in [7, 11) is 1.84. The summed E-state index contributed by atoms with van der Waals surface area (Å²) in [6, 6.07) is 4.07. The summed E-state index contributed by atoms with van der Waals surface area (Å²) in [5.41, 5.74) is 0.0976. The van der Waals surface area contributed by atoms with Gasteiger partial charge >= 0.3 is 0 Å². The third kappa shape index (κ3) is 3.57. The normalized spacial score (nSPS) is 12.8. The molecule has 1 aromatic rings. The zero-order chi connectivity index (χ0) is 11.3. The van der Waals surface area contributed by atoms with Gasteiger partial charge in [-0.3, -0.25) is 0 Å². The Morgan fingerprint density at radius 3 is 2.40 bits per heavy atom. The SMILES string of the molecule is CNCC(C)NCc1c(F)cccc1F. The Morgan fingerprint density at radius 1 is 1.27 bits per heavy atom. The van der Waals surface area contributed by atoms with Crippen LogP contribution in [0.4, 0.5) is 8.78 Å². The number of halogens is 2. The first-order valence-electron chi connectivity index (χ1n) is 4.96. The average molecular weight is 214 g/mol. The average Bonchev–Trinajstić information content (AvgIpc) is 2.17. The quantitative estimate of drug-likeness (QED) is 0.779. The van der Waals surface area contributed by atoms with Gasteiger partial charge in [-0.05, 0) is 26.1 Å². The molecule has 1 rings (SSSR count). The number of benzene rings is 1. The van der Waals surface area contributed by atoms with Gasteiger partial charge in [0.05, 0.1) is 0 Å². The van der Waals surface area contributed by atoms with E-state index >= 15 is 0 Å². The van der Waals surface area contributed by atoms with Crippen molar-refractivity contribution in [3.8, 4) is 0 Å². The molecule has 1 atom stereocenters. The highest BCUT2D eigenvalue weighted by Crippen LogP contribution is 2.11. The monoisotopic (exact) mass is 214 g/mol. The van der Waals surface area contributed by atoms with Crippen LogP contribution in [0.2, 0.25) is 0 Å². The van der Waals surface area contributed by atoms with Gasteiger partial charge in [0.1, 0.15) is 11.6 Å². The van der Waals surface area contributed by atoms with Crippen molar-refractivity contribution < 1.29 is 8.78 Å². The van der Waals surface area contributed by atoms with Gasteiger partial charge < -0.3 is 10.6 Å². The van der Waals surface area contributed by atoms with E-state index in [4.69, 9.17) is 0 Å². The summed E-state index contributed by atoms with van der Waals surface area (Å²) in [4.78, 5) is 0. The van der Waals surface area contributed by atoms with E-state index in [0.29, 0.717) is 0 Å². The molecule has 0 spiro atoms. The maximum atomic E-state index is 13.2. The van der Waals surface area contributed by atoms with Crippen LogP contribution in [-0.4, -0.2) is 19.6 Å². The number of nitrogens with one attached hydrogen (secondary N) is 2. The van der Waals surface area contributed by atoms with Crippen LogP contribution >= 0.6 is 0 Å². The molecule has 1 aromatic carbocycles. The molecule has 0 aliphatic carbocycles. The van der Waals surface area contributed by atoms with Crippen molar-refractivity contribution in [2.75, 3.05) is 13.6 Å². The topological polar surface area (TPSA) is 24.1 Å². The van der Waals surface area contributed by atoms with E-state index in [1.807, 2.05) is 14.0 Å². The lowest BCUT2D eigenvalue weighted by molar-refractivity contribution is 0.488. The third-order valence-electron chi connectivity index (χ3n) is 2.20. The minimum absolute atomic E-state index is 0.0976. The van der Waals surface area contributed by atoms with Crippen LogP contribution in [0.3, 0.4) is 0 Å². The molecule has 0 fully saturated rings. The highest BCUT2D eigenvalue weighted by molar-refractivity contribution is 5.19. The van der Waals surface area contributed by atoms with Gasteiger partial charge in [0, 0.05) is 24.7 Å². The highest BCUT2D eigenvalue weighted by atomic mass is 19.1. The van der Waals surface area contributed by atoms with Crippen LogP contribution in [0.25, 0.3) is 0 Å². The van der Waals surface area contributed by atoms with Crippen LogP contribution < -0.4 is 10.6 Å². The lowest BCUT2D eigenvalue weighted by Crippen LogP contribution is -2.34. The highest BCUT2D eigenvalue weighted by Gasteiger charge is 2.08. The molecule has 2 nitrogen and oxygen atoms in total. The van der Waals surface area contributed by atoms with E-state index in [1.54, 1.807) is 0 Å². The molecule has 0 radical (unpaired) electrons. The summed E-state index contributed by atoms with van der Waals surface area (Å²) >= 11 is 0.